The Hall–Kier alpha value is -3.85. The highest BCUT2D eigenvalue weighted by atomic mass is 32.2. The Bertz CT molecular complexity index is 1510. The molecule has 0 bridgehead atoms. The molecule has 1 fully saturated rings. The van der Waals surface area contributed by atoms with Crippen LogP contribution in [0.3, 0.4) is 0 Å². The van der Waals surface area contributed by atoms with Crippen molar-refractivity contribution in [3.63, 3.8) is 0 Å². The van der Waals surface area contributed by atoms with Gasteiger partial charge in [-0.05, 0) is 66.6 Å². The molecule has 2 N–H and O–H groups in total. The van der Waals surface area contributed by atoms with Crippen molar-refractivity contribution in [1.29, 1.82) is 0 Å². The highest BCUT2D eigenvalue weighted by Gasteiger charge is 2.33. The number of amides is 1. The van der Waals surface area contributed by atoms with Crippen molar-refractivity contribution >= 4 is 34.2 Å². The fourth-order valence-corrected chi connectivity index (χ4v) is 5.19. The molecule has 2 atom stereocenters. The highest BCUT2D eigenvalue weighted by Crippen LogP contribution is 2.35. The third-order valence-electron chi connectivity index (χ3n) is 7.48. The number of carbonyl (C=O) groups excluding carboxylic acids is 1. The molecule has 238 valence electrons. The van der Waals surface area contributed by atoms with Crippen LogP contribution in [0.25, 0.3) is 0 Å². The Morgan fingerprint density at radius 2 is 1.48 bits per heavy atom. The van der Waals surface area contributed by atoms with Crippen LogP contribution in [0.2, 0.25) is 0 Å². The quantitative estimate of drug-likeness (QED) is 0.226. The number of nitrogens with one attached hydrogen (secondary N) is 1. The van der Waals surface area contributed by atoms with E-state index < -0.39 is 52.4 Å². The van der Waals surface area contributed by atoms with Crippen molar-refractivity contribution < 1.29 is 44.3 Å². The van der Waals surface area contributed by atoms with Crippen molar-refractivity contribution in [3.05, 3.63) is 88.7 Å². The van der Waals surface area contributed by atoms with Crippen LogP contribution in [0.5, 0.6) is 0 Å². The van der Waals surface area contributed by atoms with E-state index in [0.29, 0.717) is 24.3 Å². The normalized spacial score (nSPS) is 15.6. The fraction of sp³-hybridized carbons (Fsp3) is 0.345. The number of piperazine rings is 1. The number of halogens is 7. The lowest BCUT2D eigenvalue weighted by atomic mass is 9.99. The molecule has 44 heavy (non-hydrogen) atoms. The highest BCUT2D eigenvalue weighted by molar-refractivity contribution is 7.80. The Balaban J connectivity index is 1.47. The molecule has 3 aromatic rings. The van der Waals surface area contributed by atoms with Crippen LogP contribution in [0.4, 0.5) is 47.8 Å². The minimum atomic E-state index is -4.61. The van der Waals surface area contributed by atoms with Crippen LogP contribution in [0.1, 0.15) is 35.1 Å². The van der Waals surface area contributed by atoms with Gasteiger partial charge < -0.3 is 15.1 Å². The Labute approximate surface area is 251 Å². The summed E-state index contributed by atoms with van der Waals surface area (Å²) in [4.78, 5) is 16.5. The van der Waals surface area contributed by atoms with Gasteiger partial charge in [-0.15, -0.1) is 0 Å². The van der Waals surface area contributed by atoms with Gasteiger partial charge >= 0.3 is 12.4 Å². The standard InChI is InChI=1S/C29H29F7N4O3S/c1-18(19-4-10-25(24(30)15-19)38(2)44(42)43)27(41)37-17-20-3-5-22(29(34,35)36)16-26(20)40-13-11-39(12-14-40)23-8-6-21(7-9-23)28(31,32)33/h3-10,15-16,18H,11-14,17H2,1-2H3,(H,37,41)(H,42,43). The number of alkyl halides is 6. The summed E-state index contributed by atoms with van der Waals surface area (Å²) in [6.45, 7) is 2.63. The Morgan fingerprint density at radius 1 is 0.909 bits per heavy atom. The second kappa shape index (κ2) is 13.0. The maximum absolute atomic E-state index is 14.6. The van der Waals surface area contributed by atoms with Gasteiger partial charge in [0.15, 0.2) is 0 Å². The van der Waals surface area contributed by atoms with Crippen molar-refractivity contribution in [1.82, 2.24) is 5.32 Å². The molecule has 0 radical (unpaired) electrons. The summed E-state index contributed by atoms with van der Waals surface area (Å²) in [5.41, 5.74) is -0.276. The summed E-state index contributed by atoms with van der Waals surface area (Å²) >= 11 is -2.45. The first-order chi connectivity index (χ1) is 20.6. The predicted octanol–water partition coefficient (Wildman–Crippen LogP) is 6.18. The van der Waals surface area contributed by atoms with Gasteiger partial charge in [-0.25, -0.2) is 8.60 Å². The van der Waals surface area contributed by atoms with Crippen LogP contribution in [0, 0.1) is 5.82 Å². The molecule has 2 unspecified atom stereocenters. The van der Waals surface area contributed by atoms with Gasteiger partial charge in [-0.1, -0.05) is 12.1 Å². The maximum Gasteiger partial charge on any atom is 0.416 e. The van der Waals surface area contributed by atoms with Gasteiger partial charge in [0.05, 0.1) is 22.7 Å². The molecule has 4 rings (SSSR count). The van der Waals surface area contributed by atoms with E-state index in [-0.39, 0.29) is 36.6 Å². The first-order valence-electron chi connectivity index (χ1n) is 13.4. The van der Waals surface area contributed by atoms with Crippen molar-refractivity contribution in [2.75, 3.05) is 47.3 Å². The second-order valence-corrected chi connectivity index (χ2v) is 11.2. The minimum absolute atomic E-state index is 0.122. The smallest absolute Gasteiger partial charge is 0.368 e. The third kappa shape index (κ3) is 7.62. The van der Waals surface area contributed by atoms with E-state index in [2.05, 4.69) is 5.32 Å². The third-order valence-corrected chi connectivity index (χ3v) is 8.15. The first-order valence-corrected chi connectivity index (χ1v) is 14.4. The van der Waals surface area contributed by atoms with Gasteiger partial charge in [0, 0.05) is 51.1 Å². The van der Waals surface area contributed by atoms with Crippen LogP contribution in [-0.2, 0) is 35.0 Å². The number of rotatable bonds is 8. The van der Waals surface area contributed by atoms with E-state index in [1.54, 1.807) is 4.90 Å². The number of hydrogen-bond donors (Lipinski definition) is 2. The van der Waals surface area contributed by atoms with Gasteiger partial charge in [-0.2, -0.15) is 26.3 Å². The van der Waals surface area contributed by atoms with Gasteiger partial charge in [0.25, 0.3) is 11.3 Å². The fourth-order valence-electron chi connectivity index (χ4n) is 4.87. The summed E-state index contributed by atoms with van der Waals surface area (Å²) < 4.78 is 115. The van der Waals surface area contributed by atoms with E-state index >= 15 is 0 Å². The van der Waals surface area contributed by atoms with Crippen LogP contribution < -0.4 is 19.4 Å². The average molecular weight is 647 g/mol. The minimum Gasteiger partial charge on any atom is -0.368 e. The molecule has 3 aromatic carbocycles. The van der Waals surface area contributed by atoms with Crippen LogP contribution in [0.15, 0.2) is 60.7 Å². The summed E-state index contributed by atoms with van der Waals surface area (Å²) in [5.74, 6) is -2.18. The summed E-state index contributed by atoms with van der Waals surface area (Å²) in [5, 5.41) is 2.69. The lowest BCUT2D eigenvalue weighted by Gasteiger charge is -2.38. The lowest BCUT2D eigenvalue weighted by Crippen LogP contribution is -2.47. The van der Waals surface area contributed by atoms with Crippen molar-refractivity contribution in [3.8, 4) is 0 Å². The molecule has 0 spiro atoms. The Morgan fingerprint density at radius 3 is 2.02 bits per heavy atom. The topological polar surface area (TPSA) is 76.1 Å². The molecule has 1 saturated heterocycles. The maximum atomic E-state index is 14.6. The van der Waals surface area contributed by atoms with Gasteiger partial charge in [0.1, 0.15) is 5.82 Å². The largest absolute Gasteiger partial charge is 0.416 e. The monoisotopic (exact) mass is 646 g/mol. The number of hydrogen-bond acceptors (Lipinski definition) is 4. The summed E-state index contributed by atoms with van der Waals surface area (Å²) in [7, 11) is 1.22. The summed E-state index contributed by atoms with van der Waals surface area (Å²) in [6, 6.07) is 11.7. The molecular weight excluding hydrogens is 617 g/mol. The number of benzene rings is 3. The van der Waals surface area contributed by atoms with E-state index in [1.807, 2.05) is 4.90 Å². The zero-order valence-electron chi connectivity index (χ0n) is 23.5. The molecule has 1 aliphatic heterocycles. The van der Waals surface area contributed by atoms with Gasteiger partial charge in [0.2, 0.25) is 5.91 Å². The average Bonchev–Trinajstić information content (AvgIpc) is 2.98. The van der Waals surface area contributed by atoms with Gasteiger partial charge in [-0.3, -0.25) is 13.7 Å². The zero-order chi connectivity index (χ0) is 32.4. The van der Waals surface area contributed by atoms with Crippen LogP contribution >= 0.6 is 0 Å². The molecule has 0 aromatic heterocycles. The van der Waals surface area contributed by atoms with E-state index in [4.69, 9.17) is 0 Å². The molecule has 0 saturated carbocycles. The molecule has 1 aliphatic rings. The van der Waals surface area contributed by atoms with Crippen molar-refractivity contribution in [2.24, 2.45) is 0 Å². The number of anilines is 3. The molecule has 1 heterocycles. The molecule has 15 heteroatoms. The SMILES string of the molecule is CC(C(=O)NCc1ccc(C(F)(F)F)cc1N1CCN(c2ccc(C(F)(F)F)cc2)CC1)c1ccc(N(C)S(=O)O)c(F)c1. The second-order valence-electron chi connectivity index (χ2n) is 10.2. The summed E-state index contributed by atoms with van der Waals surface area (Å²) in [6.07, 6.45) is -9.08. The number of carbonyl (C=O) groups is 1. The molecule has 1 amide bonds. The van der Waals surface area contributed by atoms with Crippen molar-refractivity contribution in [2.45, 2.75) is 31.7 Å². The van der Waals surface area contributed by atoms with Crippen LogP contribution in [-0.4, -0.2) is 47.9 Å². The first kappa shape index (κ1) is 33.1. The Kier molecular flexibility index (Phi) is 9.78. The predicted molar refractivity (Wildman–Crippen MR) is 153 cm³/mol. The lowest BCUT2D eigenvalue weighted by molar-refractivity contribution is -0.138. The van der Waals surface area contributed by atoms with E-state index in [9.17, 15) is 44.3 Å². The van der Waals surface area contributed by atoms with E-state index in [0.717, 1.165) is 34.6 Å². The zero-order valence-corrected chi connectivity index (χ0v) is 24.4. The molecule has 7 nitrogen and oxygen atoms in total. The van der Waals surface area contributed by atoms with E-state index in [1.165, 1.54) is 44.3 Å². The molecular formula is C29H29F7N4O3S. The molecule has 0 aliphatic carbocycles. The number of nitrogens with zero attached hydrogens (tertiary/aromatic N) is 3.